The fourth-order valence-corrected chi connectivity index (χ4v) is 5.33. The van der Waals surface area contributed by atoms with E-state index in [2.05, 4.69) is 34.0 Å². The maximum Gasteiger partial charge on any atom is 0.348 e. The Bertz CT molecular complexity index is 1330. The van der Waals surface area contributed by atoms with E-state index in [4.69, 9.17) is 11.6 Å². The van der Waals surface area contributed by atoms with Crippen LogP contribution in [0.5, 0.6) is 0 Å². The molecule has 0 saturated heterocycles. The fraction of sp³-hybridized carbons (Fsp3) is 0.429. The molecule has 5 nitrogen and oxygen atoms in total. The lowest BCUT2D eigenvalue weighted by Gasteiger charge is -2.23. The molecule has 0 spiro atoms. The lowest BCUT2D eigenvalue weighted by atomic mass is 9.80. The molecule has 35 heavy (non-hydrogen) atoms. The number of halogens is 2. The summed E-state index contributed by atoms with van der Waals surface area (Å²) < 4.78 is 13.7. The molecule has 1 N–H and O–H groups in total. The van der Waals surface area contributed by atoms with Crippen LogP contribution in [0.1, 0.15) is 63.0 Å². The van der Waals surface area contributed by atoms with Crippen LogP contribution < -0.4 is 5.69 Å². The van der Waals surface area contributed by atoms with Crippen molar-refractivity contribution in [1.29, 1.82) is 0 Å². The number of H-pyrrole nitrogens is 1. The first kappa shape index (κ1) is 23.9. The number of aromatic nitrogens is 3. The van der Waals surface area contributed by atoms with Crippen LogP contribution in [0.15, 0.2) is 47.3 Å². The predicted octanol–water partition coefficient (Wildman–Crippen LogP) is 6.24. The van der Waals surface area contributed by atoms with Gasteiger partial charge >= 0.3 is 5.69 Å². The summed E-state index contributed by atoms with van der Waals surface area (Å²) in [5.41, 5.74) is 2.35. The number of carbonyl (C=O) groups excluding carboxylic acids is 1. The number of ketones is 1. The van der Waals surface area contributed by atoms with Crippen LogP contribution in [-0.2, 0) is 16.6 Å². The van der Waals surface area contributed by atoms with Gasteiger partial charge in [0, 0.05) is 17.5 Å². The van der Waals surface area contributed by atoms with Crippen molar-refractivity contribution in [2.24, 2.45) is 5.41 Å². The monoisotopic (exact) mass is 493 g/mol. The molecule has 0 radical (unpaired) electrons. The fourth-order valence-electron chi connectivity index (χ4n) is 5.12. The van der Waals surface area contributed by atoms with Gasteiger partial charge in [-0.2, -0.15) is 4.98 Å². The minimum atomic E-state index is -0.797. The molecule has 0 aliphatic heterocycles. The standard InChI is InChI=1S/C28H29ClFN3O2/c1-27(13-14-27)20-6-4-5-19(16-20)24-31-25(33-26(35)32-24)21-15-18(7-9-22(21)29)8-10-23(34)28(17-30)11-2-3-12-28/h4-7,9,15-16H,2-3,8,10-14,17H2,1H3,(H,31,32,33,35). The van der Waals surface area contributed by atoms with Crippen LogP contribution in [0.2, 0.25) is 5.02 Å². The van der Waals surface area contributed by atoms with Crippen molar-refractivity contribution in [3.05, 3.63) is 69.1 Å². The Balaban J connectivity index is 1.41. The summed E-state index contributed by atoms with van der Waals surface area (Å²) in [5, 5.41) is 0.440. The summed E-state index contributed by atoms with van der Waals surface area (Å²) >= 11 is 6.49. The van der Waals surface area contributed by atoms with E-state index in [1.807, 2.05) is 24.3 Å². The molecule has 0 bridgehead atoms. The number of alkyl halides is 1. The van der Waals surface area contributed by atoms with Crippen LogP contribution in [0.3, 0.4) is 0 Å². The maximum atomic E-state index is 13.7. The van der Waals surface area contributed by atoms with Crippen LogP contribution >= 0.6 is 11.6 Å². The topological polar surface area (TPSA) is 75.7 Å². The Morgan fingerprint density at radius 1 is 1.09 bits per heavy atom. The summed E-state index contributed by atoms with van der Waals surface area (Å²) in [6.45, 7) is 1.65. The molecule has 0 atom stereocenters. The molecule has 1 heterocycles. The summed E-state index contributed by atoms with van der Waals surface area (Å²) in [7, 11) is 0. The molecule has 2 aliphatic carbocycles. The third kappa shape index (κ3) is 4.81. The highest BCUT2D eigenvalue weighted by Crippen LogP contribution is 2.48. The number of Topliss-reactive ketones (excluding diaryl/α,β-unsaturated/α-hetero) is 1. The van der Waals surface area contributed by atoms with E-state index in [9.17, 15) is 14.0 Å². The minimum absolute atomic E-state index is 0.00373. The average molecular weight is 494 g/mol. The molecule has 0 amide bonds. The van der Waals surface area contributed by atoms with Gasteiger partial charge in [-0.1, -0.05) is 55.6 Å². The first-order valence-electron chi connectivity index (χ1n) is 12.3. The van der Waals surface area contributed by atoms with E-state index in [0.717, 1.165) is 36.8 Å². The molecule has 2 saturated carbocycles. The highest BCUT2D eigenvalue weighted by molar-refractivity contribution is 6.33. The van der Waals surface area contributed by atoms with Crippen molar-refractivity contribution >= 4 is 17.4 Å². The predicted molar refractivity (Wildman–Crippen MR) is 135 cm³/mol. The van der Waals surface area contributed by atoms with Crippen molar-refractivity contribution in [3.8, 4) is 22.8 Å². The smallest absolute Gasteiger partial charge is 0.299 e. The Kier molecular flexibility index (Phi) is 6.34. The number of benzene rings is 2. The molecule has 7 heteroatoms. The van der Waals surface area contributed by atoms with Gasteiger partial charge in [-0.05, 0) is 66.8 Å². The second-order valence-electron chi connectivity index (χ2n) is 10.3. The van der Waals surface area contributed by atoms with Gasteiger partial charge in [-0.15, -0.1) is 0 Å². The average Bonchev–Trinajstić information content (AvgIpc) is 3.43. The number of carbonyl (C=O) groups is 1. The van der Waals surface area contributed by atoms with Crippen LogP contribution in [0.25, 0.3) is 22.8 Å². The summed E-state index contributed by atoms with van der Waals surface area (Å²) in [6, 6.07) is 13.5. The zero-order valence-electron chi connectivity index (χ0n) is 19.9. The lowest BCUT2D eigenvalue weighted by Crippen LogP contribution is -2.30. The molecular weight excluding hydrogens is 465 g/mol. The quantitative estimate of drug-likeness (QED) is 0.403. The summed E-state index contributed by atoms with van der Waals surface area (Å²) in [4.78, 5) is 36.7. The third-order valence-corrected chi connectivity index (χ3v) is 8.13. The van der Waals surface area contributed by atoms with Crippen LogP contribution in [0.4, 0.5) is 4.39 Å². The molecule has 2 fully saturated rings. The van der Waals surface area contributed by atoms with Gasteiger partial charge in [0.05, 0.1) is 10.4 Å². The van der Waals surface area contributed by atoms with Crippen LogP contribution in [0, 0.1) is 5.41 Å². The van der Waals surface area contributed by atoms with Gasteiger partial charge in [0.2, 0.25) is 0 Å². The van der Waals surface area contributed by atoms with E-state index in [0.29, 0.717) is 41.5 Å². The van der Waals surface area contributed by atoms with E-state index in [-0.39, 0.29) is 17.6 Å². The van der Waals surface area contributed by atoms with Gasteiger partial charge in [-0.3, -0.25) is 14.2 Å². The van der Waals surface area contributed by atoms with Crippen molar-refractivity contribution < 1.29 is 9.18 Å². The Morgan fingerprint density at radius 2 is 1.86 bits per heavy atom. The van der Waals surface area contributed by atoms with E-state index >= 15 is 0 Å². The summed E-state index contributed by atoms with van der Waals surface area (Å²) in [6.07, 6.45) is 6.15. The minimum Gasteiger partial charge on any atom is -0.299 e. The van der Waals surface area contributed by atoms with Gasteiger partial charge in [0.15, 0.2) is 5.82 Å². The Morgan fingerprint density at radius 3 is 2.57 bits per heavy atom. The zero-order chi connectivity index (χ0) is 24.6. The largest absolute Gasteiger partial charge is 0.348 e. The number of aryl methyl sites for hydroxylation is 1. The number of hydrogen-bond acceptors (Lipinski definition) is 4. The summed E-state index contributed by atoms with van der Waals surface area (Å²) in [5.74, 6) is 0.672. The zero-order valence-corrected chi connectivity index (χ0v) is 20.6. The maximum absolute atomic E-state index is 13.7. The van der Waals surface area contributed by atoms with Gasteiger partial charge in [0.25, 0.3) is 0 Å². The number of hydrogen-bond donors (Lipinski definition) is 1. The number of aromatic amines is 1. The third-order valence-electron chi connectivity index (χ3n) is 7.80. The number of rotatable bonds is 8. The molecular formula is C28H29ClFN3O2. The normalized spacial score (nSPS) is 17.9. The Hall–Kier alpha value is -2.86. The van der Waals surface area contributed by atoms with E-state index in [1.54, 1.807) is 6.07 Å². The van der Waals surface area contributed by atoms with Crippen molar-refractivity contribution in [2.75, 3.05) is 6.67 Å². The highest BCUT2D eigenvalue weighted by atomic mass is 35.5. The molecule has 2 aromatic carbocycles. The first-order chi connectivity index (χ1) is 16.8. The number of nitrogens with zero attached hydrogens (tertiary/aromatic N) is 2. The molecule has 5 rings (SSSR count). The molecule has 2 aliphatic rings. The van der Waals surface area contributed by atoms with Gasteiger partial charge in [-0.25, -0.2) is 9.78 Å². The van der Waals surface area contributed by atoms with Gasteiger partial charge < -0.3 is 0 Å². The van der Waals surface area contributed by atoms with Crippen LogP contribution in [-0.4, -0.2) is 27.4 Å². The molecule has 0 unspecified atom stereocenters. The van der Waals surface area contributed by atoms with Crippen molar-refractivity contribution in [3.63, 3.8) is 0 Å². The van der Waals surface area contributed by atoms with E-state index < -0.39 is 17.8 Å². The van der Waals surface area contributed by atoms with Crippen molar-refractivity contribution in [1.82, 2.24) is 15.0 Å². The first-order valence-corrected chi connectivity index (χ1v) is 12.7. The number of nitrogens with one attached hydrogen (secondary N) is 1. The lowest BCUT2D eigenvalue weighted by molar-refractivity contribution is -0.129. The molecule has 182 valence electrons. The highest BCUT2D eigenvalue weighted by Gasteiger charge is 2.40. The van der Waals surface area contributed by atoms with Gasteiger partial charge in [0.1, 0.15) is 18.3 Å². The molecule has 3 aromatic rings. The molecule has 1 aromatic heterocycles. The SMILES string of the molecule is CC1(c2cccc(-c3nc(-c4cc(CCC(=O)C5(CF)CCCC5)ccc4Cl)[nH]c(=O)n3)c2)CC1. The van der Waals surface area contributed by atoms with Crippen molar-refractivity contribution in [2.45, 2.75) is 63.7 Å². The second kappa shape index (κ2) is 9.30. The Labute approximate surface area is 209 Å². The van der Waals surface area contributed by atoms with E-state index in [1.165, 1.54) is 5.56 Å². The second-order valence-corrected chi connectivity index (χ2v) is 10.7.